The van der Waals surface area contributed by atoms with Crippen LogP contribution < -0.4 is 10.1 Å². The van der Waals surface area contributed by atoms with Crippen LogP contribution in [0.1, 0.15) is 27.6 Å². The molecule has 136 valence electrons. The first-order valence-corrected chi connectivity index (χ1v) is 8.59. The molecule has 4 aromatic rings. The third kappa shape index (κ3) is 3.31. The summed E-state index contributed by atoms with van der Waals surface area (Å²) in [6, 6.07) is 10.9. The molecule has 2 aromatic heterocycles. The molecule has 0 saturated carbocycles. The first kappa shape index (κ1) is 17.0. The van der Waals surface area contributed by atoms with Gasteiger partial charge in [-0.05, 0) is 44.2 Å². The zero-order chi connectivity index (χ0) is 19.0. The molecule has 0 spiro atoms. The van der Waals surface area contributed by atoms with Gasteiger partial charge in [-0.15, -0.1) is 0 Å². The van der Waals surface area contributed by atoms with Gasteiger partial charge in [-0.1, -0.05) is 0 Å². The van der Waals surface area contributed by atoms with Crippen LogP contribution in [0.3, 0.4) is 0 Å². The fourth-order valence-electron chi connectivity index (χ4n) is 2.89. The normalized spacial score (nSPS) is 11.1. The zero-order valence-corrected chi connectivity index (χ0v) is 15.3. The number of hydrogen-bond acceptors (Lipinski definition) is 5. The minimum atomic E-state index is -0.185. The average Bonchev–Trinajstić information content (AvgIpc) is 3.08. The molecule has 2 N–H and O–H groups in total. The number of amides is 1. The predicted octanol–water partition coefficient (Wildman–Crippen LogP) is 3.06. The van der Waals surface area contributed by atoms with Crippen LogP contribution in [0.15, 0.2) is 36.4 Å². The van der Waals surface area contributed by atoms with Crippen molar-refractivity contribution >= 4 is 28.0 Å². The molecule has 7 heteroatoms. The monoisotopic (exact) mass is 361 g/mol. The summed E-state index contributed by atoms with van der Waals surface area (Å²) < 4.78 is 5.21. The Morgan fingerprint density at radius 2 is 1.74 bits per heavy atom. The van der Waals surface area contributed by atoms with Gasteiger partial charge in [-0.25, -0.2) is 15.0 Å². The third-order valence-corrected chi connectivity index (χ3v) is 4.49. The van der Waals surface area contributed by atoms with Crippen LogP contribution in [0.25, 0.3) is 22.1 Å². The van der Waals surface area contributed by atoms with Crippen LogP contribution in [0.5, 0.6) is 5.75 Å². The minimum Gasteiger partial charge on any atom is -0.497 e. The number of hydrogen-bond donors (Lipinski definition) is 2. The molecule has 0 fully saturated rings. The maximum absolute atomic E-state index is 12.5. The molecule has 0 aliphatic heterocycles. The minimum absolute atomic E-state index is 0.185. The van der Waals surface area contributed by atoms with E-state index in [2.05, 4.69) is 25.3 Å². The molecule has 27 heavy (non-hydrogen) atoms. The zero-order valence-electron chi connectivity index (χ0n) is 15.3. The van der Waals surface area contributed by atoms with Crippen molar-refractivity contribution in [2.24, 2.45) is 0 Å². The molecule has 2 aromatic carbocycles. The Morgan fingerprint density at radius 3 is 2.52 bits per heavy atom. The molecule has 7 nitrogen and oxygen atoms in total. The van der Waals surface area contributed by atoms with Crippen LogP contribution in [0, 0.1) is 13.8 Å². The number of fused-ring (bicyclic) bond motifs is 2. The van der Waals surface area contributed by atoms with Crippen molar-refractivity contribution in [3.63, 3.8) is 0 Å². The van der Waals surface area contributed by atoms with Crippen molar-refractivity contribution in [1.29, 1.82) is 0 Å². The number of carbonyl (C=O) groups excluding carboxylic acids is 1. The topological polar surface area (TPSA) is 92.8 Å². The number of nitrogens with one attached hydrogen (secondary N) is 2. The number of aromatic nitrogens is 4. The fourth-order valence-corrected chi connectivity index (χ4v) is 2.89. The number of aryl methyl sites for hydroxylation is 2. The van der Waals surface area contributed by atoms with Gasteiger partial charge in [0, 0.05) is 11.6 Å². The Bertz CT molecular complexity index is 1170. The van der Waals surface area contributed by atoms with Crippen molar-refractivity contribution in [2.45, 2.75) is 20.4 Å². The van der Waals surface area contributed by atoms with E-state index in [0.29, 0.717) is 23.4 Å². The molecule has 0 saturated heterocycles. The number of carbonyl (C=O) groups is 1. The van der Waals surface area contributed by atoms with Crippen LogP contribution >= 0.6 is 0 Å². The third-order valence-electron chi connectivity index (χ3n) is 4.49. The summed E-state index contributed by atoms with van der Waals surface area (Å²) in [5, 5.41) is 2.88. The van der Waals surface area contributed by atoms with E-state index in [9.17, 15) is 4.79 Å². The number of methoxy groups -OCH3 is 1. The van der Waals surface area contributed by atoms with Crippen molar-refractivity contribution < 1.29 is 9.53 Å². The van der Waals surface area contributed by atoms with E-state index in [4.69, 9.17) is 4.74 Å². The van der Waals surface area contributed by atoms with E-state index in [1.165, 1.54) is 0 Å². The maximum atomic E-state index is 12.5. The second-order valence-corrected chi connectivity index (χ2v) is 6.35. The van der Waals surface area contributed by atoms with Gasteiger partial charge in [0.25, 0.3) is 5.91 Å². The van der Waals surface area contributed by atoms with Crippen molar-refractivity contribution in [3.8, 4) is 5.75 Å². The van der Waals surface area contributed by atoms with Gasteiger partial charge in [0.1, 0.15) is 11.6 Å². The van der Waals surface area contributed by atoms with Crippen molar-refractivity contribution in [3.05, 3.63) is 59.2 Å². The van der Waals surface area contributed by atoms with E-state index in [0.717, 1.165) is 33.7 Å². The molecule has 0 aliphatic carbocycles. The lowest BCUT2D eigenvalue weighted by Gasteiger charge is -2.06. The highest BCUT2D eigenvalue weighted by molar-refractivity contribution is 5.97. The summed E-state index contributed by atoms with van der Waals surface area (Å²) in [5.41, 5.74) is 5.47. The van der Waals surface area contributed by atoms with E-state index < -0.39 is 0 Å². The number of imidazole rings is 1. The summed E-state index contributed by atoms with van der Waals surface area (Å²) in [5.74, 6) is 1.25. The van der Waals surface area contributed by atoms with Gasteiger partial charge in [-0.3, -0.25) is 4.79 Å². The van der Waals surface area contributed by atoms with Gasteiger partial charge < -0.3 is 15.0 Å². The van der Waals surface area contributed by atoms with Crippen LogP contribution in [0.4, 0.5) is 0 Å². The Kier molecular flexibility index (Phi) is 4.19. The number of rotatable bonds is 4. The van der Waals surface area contributed by atoms with Gasteiger partial charge >= 0.3 is 0 Å². The van der Waals surface area contributed by atoms with Crippen LogP contribution in [-0.4, -0.2) is 33.0 Å². The van der Waals surface area contributed by atoms with E-state index in [1.807, 2.05) is 38.1 Å². The Morgan fingerprint density at radius 1 is 1.00 bits per heavy atom. The number of nitrogens with zero attached hydrogens (tertiary/aromatic N) is 3. The van der Waals surface area contributed by atoms with Gasteiger partial charge in [0.2, 0.25) is 0 Å². The van der Waals surface area contributed by atoms with Crippen LogP contribution in [0.2, 0.25) is 0 Å². The van der Waals surface area contributed by atoms with Crippen LogP contribution in [-0.2, 0) is 6.54 Å². The molecule has 0 aliphatic rings. The van der Waals surface area contributed by atoms with Gasteiger partial charge in [0.15, 0.2) is 0 Å². The fraction of sp³-hybridized carbons (Fsp3) is 0.200. The Balaban J connectivity index is 1.52. The number of H-pyrrole nitrogens is 1. The molecule has 0 bridgehead atoms. The summed E-state index contributed by atoms with van der Waals surface area (Å²) in [6.45, 7) is 4.13. The molecular formula is C20H19N5O2. The smallest absolute Gasteiger partial charge is 0.251 e. The summed E-state index contributed by atoms with van der Waals surface area (Å²) in [4.78, 5) is 29.2. The molecular weight excluding hydrogens is 342 g/mol. The Labute approximate surface area is 155 Å². The summed E-state index contributed by atoms with van der Waals surface area (Å²) in [6.07, 6.45) is 0. The molecule has 1 amide bonds. The number of ether oxygens (including phenoxy) is 1. The highest BCUT2D eigenvalue weighted by Gasteiger charge is 2.10. The summed E-state index contributed by atoms with van der Waals surface area (Å²) in [7, 11) is 1.62. The SMILES string of the molecule is COc1ccc2nc(CNC(=O)c3ccc4nc(C)c(C)nc4c3)[nH]c2c1. The lowest BCUT2D eigenvalue weighted by atomic mass is 10.1. The van der Waals surface area contributed by atoms with Crippen molar-refractivity contribution in [1.82, 2.24) is 25.3 Å². The second-order valence-electron chi connectivity index (χ2n) is 6.35. The lowest BCUT2D eigenvalue weighted by molar-refractivity contribution is 0.0950. The molecule has 2 heterocycles. The highest BCUT2D eigenvalue weighted by atomic mass is 16.5. The first-order chi connectivity index (χ1) is 13.0. The van der Waals surface area contributed by atoms with E-state index >= 15 is 0 Å². The maximum Gasteiger partial charge on any atom is 0.251 e. The first-order valence-electron chi connectivity index (χ1n) is 8.59. The van der Waals surface area contributed by atoms with Gasteiger partial charge in [-0.2, -0.15) is 0 Å². The number of benzene rings is 2. The highest BCUT2D eigenvalue weighted by Crippen LogP contribution is 2.19. The van der Waals surface area contributed by atoms with Gasteiger partial charge in [0.05, 0.1) is 47.1 Å². The lowest BCUT2D eigenvalue weighted by Crippen LogP contribution is -2.23. The van der Waals surface area contributed by atoms with Crippen molar-refractivity contribution in [2.75, 3.05) is 7.11 Å². The molecule has 0 unspecified atom stereocenters. The standard InChI is InChI=1S/C20H19N5O2/c1-11-12(2)23-17-8-13(4-6-15(17)22-11)20(26)21-10-19-24-16-7-5-14(27-3)9-18(16)25-19/h4-9H,10H2,1-3H3,(H,21,26)(H,24,25). The predicted molar refractivity (Wildman–Crippen MR) is 103 cm³/mol. The quantitative estimate of drug-likeness (QED) is 0.583. The van der Waals surface area contributed by atoms with E-state index in [-0.39, 0.29) is 5.91 Å². The Hall–Kier alpha value is -3.48. The molecule has 0 atom stereocenters. The molecule has 0 radical (unpaired) electrons. The number of aromatic amines is 1. The molecule has 4 rings (SSSR count). The average molecular weight is 361 g/mol. The largest absolute Gasteiger partial charge is 0.497 e. The second kappa shape index (κ2) is 6.68. The van der Waals surface area contributed by atoms with E-state index in [1.54, 1.807) is 19.2 Å². The summed E-state index contributed by atoms with van der Waals surface area (Å²) >= 11 is 0.